The molecule has 25 heavy (non-hydrogen) atoms. The van der Waals surface area contributed by atoms with Gasteiger partial charge in [-0.2, -0.15) is 0 Å². The number of allylic oxidation sites excluding steroid dienone is 2. The molecule has 0 amide bonds. The first-order chi connectivity index (χ1) is 12.0. The van der Waals surface area contributed by atoms with E-state index in [1.165, 1.54) is 52.9 Å². The number of rotatable bonds is 4. The number of hydrogen-bond donors (Lipinski definition) is 0. The van der Waals surface area contributed by atoms with Gasteiger partial charge in [-0.15, -0.1) is 0 Å². The van der Waals surface area contributed by atoms with Crippen molar-refractivity contribution in [3.8, 4) is 0 Å². The Labute approximate surface area is 152 Å². The van der Waals surface area contributed by atoms with Crippen molar-refractivity contribution >= 4 is 23.5 Å². The van der Waals surface area contributed by atoms with Gasteiger partial charge in [-0.3, -0.25) is 0 Å². The Morgan fingerprint density at radius 3 is 1.28 bits per heavy atom. The van der Waals surface area contributed by atoms with Crippen molar-refractivity contribution in [2.75, 3.05) is 38.0 Å². The lowest BCUT2D eigenvalue weighted by Crippen LogP contribution is -2.07. The van der Waals surface area contributed by atoms with E-state index in [0.717, 1.165) is 0 Å². The van der Waals surface area contributed by atoms with E-state index < -0.39 is 0 Å². The molecule has 1 fully saturated rings. The summed E-state index contributed by atoms with van der Waals surface area (Å²) in [5, 5.41) is 0. The predicted molar refractivity (Wildman–Crippen MR) is 111 cm³/mol. The van der Waals surface area contributed by atoms with E-state index in [4.69, 9.17) is 0 Å². The summed E-state index contributed by atoms with van der Waals surface area (Å²) in [7, 11) is 8.30. The van der Waals surface area contributed by atoms with E-state index in [1.54, 1.807) is 0 Å². The molecule has 2 aromatic rings. The first-order valence-electron chi connectivity index (χ1n) is 8.99. The zero-order valence-corrected chi connectivity index (χ0v) is 15.8. The minimum absolute atomic E-state index is 1.18. The highest BCUT2D eigenvalue weighted by atomic mass is 15.1. The molecule has 2 aromatic carbocycles. The SMILES string of the molecule is CN(C)c1ccc(C=C2CCCC2=Cc2ccc(N(C)C)cc2)cc1. The second kappa shape index (κ2) is 7.60. The Morgan fingerprint density at radius 1 is 0.600 bits per heavy atom. The molecule has 2 heteroatoms. The van der Waals surface area contributed by atoms with Gasteiger partial charge in [-0.25, -0.2) is 0 Å². The molecule has 1 aliphatic rings. The van der Waals surface area contributed by atoms with Crippen LogP contribution in [0, 0.1) is 0 Å². The predicted octanol–water partition coefficient (Wildman–Crippen LogP) is 5.47. The summed E-state index contributed by atoms with van der Waals surface area (Å²) < 4.78 is 0. The van der Waals surface area contributed by atoms with Crippen LogP contribution < -0.4 is 9.80 Å². The van der Waals surface area contributed by atoms with Crippen molar-refractivity contribution in [3.63, 3.8) is 0 Å². The van der Waals surface area contributed by atoms with E-state index >= 15 is 0 Å². The molecule has 1 saturated carbocycles. The van der Waals surface area contributed by atoms with Gasteiger partial charge < -0.3 is 9.80 Å². The average Bonchev–Trinajstić information content (AvgIpc) is 3.02. The Balaban J connectivity index is 1.81. The summed E-state index contributed by atoms with van der Waals surface area (Å²) in [6.07, 6.45) is 8.32. The van der Waals surface area contributed by atoms with E-state index in [9.17, 15) is 0 Å². The van der Waals surface area contributed by atoms with Crippen molar-refractivity contribution in [1.29, 1.82) is 0 Å². The highest BCUT2D eigenvalue weighted by Crippen LogP contribution is 2.34. The third-order valence-electron chi connectivity index (χ3n) is 4.81. The standard InChI is InChI=1S/C23H28N2/c1-24(2)22-12-8-18(9-13-22)16-20-6-5-7-21(20)17-19-10-14-23(15-11-19)25(3)4/h8-17H,5-7H2,1-4H3. The summed E-state index contributed by atoms with van der Waals surface area (Å²) in [6.45, 7) is 0. The second-order valence-electron chi connectivity index (χ2n) is 7.16. The molecular formula is C23H28N2. The molecule has 2 nitrogen and oxygen atoms in total. The van der Waals surface area contributed by atoms with Crippen LogP contribution in [-0.2, 0) is 0 Å². The number of hydrogen-bond acceptors (Lipinski definition) is 2. The lowest BCUT2D eigenvalue weighted by molar-refractivity contribution is 0.935. The molecular weight excluding hydrogens is 304 g/mol. The van der Waals surface area contributed by atoms with Gasteiger partial charge in [0.2, 0.25) is 0 Å². The lowest BCUT2D eigenvalue weighted by Gasteiger charge is -2.12. The van der Waals surface area contributed by atoms with Crippen LogP contribution in [0.2, 0.25) is 0 Å². The van der Waals surface area contributed by atoms with Gasteiger partial charge in [0.05, 0.1) is 0 Å². The molecule has 0 heterocycles. The summed E-state index contributed by atoms with van der Waals surface area (Å²) >= 11 is 0. The Morgan fingerprint density at radius 2 is 0.960 bits per heavy atom. The van der Waals surface area contributed by atoms with E-state index in [2.05, 4.69) is 98.7 Å². The van der Waals surface area contributed by atoms with Crippen molar-refractivity contribution in [1.82, 2.24) is 0 Å². The molecule has 0 spiro atoms. The highest BCUT2D eigenvalue weighted by Gasteiger charge is 2.13. The molecule has 130 valence electrons. The second-order valence-corrected chi connectivity index (χ2v) is 7.16. The average molecular weight is 332 g/mol. The molecule has 0 atom stereocenters. The number of nitrogens with zero attached hydrogens (tertiary/aromatic N) is 2. The van der Waals surface area contributed by atoms with Crippen LogP contribution in [-0.4, -0.2) is 28.2 Å². The summed E-state index contributed by atoms with van der Waals surface area (Å²) in [5.41, 5.74) is 8.02. The zero-order valence-electron chi connectivity index (χ0n) is 15.8. The van der Waals surface area contributed by atoms with Crippen molar-refractivity contribution in [2.24, 2.45) is 0 Å². The molecule has 0 saturated heterocycles. The largest absolute Gasteiger partial charge is 0.378 e. The Kier molecular flexibility index (Phi) is 5.28. The molecule has 0 aromatic heterocycles. The smallest absolute Gasteiger partial charge is 0.0361 e. The first-order valence-corrected chi connectivity index (χ1v) is 8.99. The third kappa shape index (κ3) is 4.33. The fraction of sp³-hybridized carbons (Fsp3) is 0.304. The van der Waals surface area contributed by atoms with Gasteiger partial charge in [0, 0.05) is 39.6 Å². The third-order valence-corrected chi connectivity index (χ3v) is 4.81. The van der Waals surface area contributed by atoms with Gasteiger partial charge in [0.25, 0.3) is 0 Å². The van der Waals surface area contributed by atoms with Gasteiger partial charge >= 0.3 is 0 Å². The first kappa shape index (κ1) is 17.3. The molecule has 0 aliphatic heterocycles. The maximum Gasteiger partial charge on any atom is 0.0361 e. The van der Waals surface area contributed by atoms with E-state index in [1.807, 2.05) is 0 Å². The fourth-order valence-electron chi connectivity index (χ4n) is 3.26. The van der Waals surface area contributed by atoms with Crippen LogP contribution in [0.3, 0.4) is 0 Å². The van der Waals surface area contributed by atoms with Gasteiger partial charge in [0.15, 0.2) is 0 Å². The Hall–Kier alpha value is -2.48. The lowest BCUT2D eigenvalue weighted by atomic mass is 10.0. The quantitative estimate of drug-likeness (QED) is 0.732. The van der Waals surface area contributed by atoms with Crippen molar-refractivity contribution < 1.29 is 0 Å². The molecule has 0 radical (unpaired) electrons. The summed E-state index contributed by atoms with van der Waals surface area (Å²) in [4.78, 5) is 4.27. The monoisotopic (exact) mass is 332 g/mol. The molecule has 1 aliphatic carbocycles. The normalized spacial score (nSPS) is 17.3. The van der Waals surface area contributed by atoms with Crippen LogP contribution in [0.25, 0.3) is 12.2 Å². The van der Waals surface area contributed by atoms with Crippen LogP contribution in [0.4, 0.5) is 11.4 Å². The maximum absolute atomic E-state index is 2.35. The number of benzene rings is 2. The Bertz CT molecular complexity index is 695. The van der Waals surface area contributed by atoms with Gasteiger partial charge in [0.1, 0.15) is 0 Å². The summed E-state index contributed by atoms with van der Waals surface area (Å²) in [5.74, 6) is 0. The van der Waals surface area contributed by atoms with Crippen molar-refractivity contribution in [2.45, 2.75) is 19.3 Å². The molecule has 0 bridgehead atoms. The minimum atomic E-state index is 1.18. The van der Waals surface area contributed by atoms with Crippen LogP contribution in [0.1, 0.15) is 30.4 Å². The summed E-state index contributed by atoms with van der Waals surface area (Å²) in [6, 6.07) is 17.6. The maximum atomic E-state index is 2.35. The van der Waals surface area contributed by atoms with E-state index in [-0.39, 0.29) is 0 Å². The molecule has 0 unspecified atom stereocenters. The van der Waals surface area contributed by atoms with Crippen LogP contribution in [0.15, 0.2) is 59.7 Å². The zero-order chi connectivity index (χ0) is 17.8. The van der Waals surface area contributed by atoms with Gasteiger partial charge in [-0.05, 0) is 65.8 Å². The number of anilines is 2. The van der Waals surface area contributed by atoms with Gasteiger partial charge in [-0.1, -0.05) is 36.4 Å². The van der Waals surface area contributed by atoms with Crippen LogP contribution in [0.5, 0.6) is 0 Å². The molecule has 3 rings (SSSR count). The van der Waals surface area contributed by atoms with Crippen molar-refractivity contribution in [3.05, 3.63) is 70.8 Å². The fourth-order valence-corrected chi connectivity index (χ4v) is 3.26. The highest BCUT2D eigenvalue weighted by molar-refractivity contribution is 5.69. The molecule has 0 N–H and O–H groups in total. The topological polar surface area (TPSA) is 6.48 Å². The van der Waals surface area contributed by atoms with Crippen LogP contribution >= 0.6 is 0 Å². The minimum Gasteiger partial charge on any atom is -0.378 e. The van der Waals surface area contributed by atoms with E-state index in [0.29, 0.717) is 0 Å².